The molecule has 182 valence electrons. The molecule has 1 aliphatic rings. The van der Waals surface area contributed by atoms with Crippen molar-refractivity contribution in [2.24, 2.45) is 21.7 Å². The third-order valence-corrected chi connectivity index (χ3v) is 5.54. The van der Waals surface area contributed by atoms with E-state index < -0.39 is 11.8 Å². The van der Waals surface area contributed by atoms with Gasteiger partial charge in [0.05, 0.1) is 0 Å². The molecule has 3 rings (SSSR count). The summed E-state index contributed by atoms with van der Waals surface area (Å²) in [6, 6.07) is 14.4. The van der Waals surface area contributed by atoms with Gasteiger partial charge >= 0.3 is 0 Å². The summed E-state index contributed by atoms with van der Waals surface area (Å²) >= 11 is 0. The van der Waals surface area contributed by atoms with Crippen molar-refractivity contribution >= 4 is 35.9 Å². The van der Waals surface area contributed by atoms with Crippen LogP contribution < -0.4 is 22.1 Å². The fourth-order valence-corrected chi connectivity index (χ4v) is 3.86. The van der Waals surface area contributed by atoms with E-state index in [1.54, 1.807) is 24.3 Å². The predicted molar refractivity (Wildman–Crippen MR) is 138 cm³/mol. The number of guanidine groups is 2. The van der Waals surface area contributed by atoms with E-state index in [0.29, 0.717) is 11.5 Å². The summed E-state index contributed by atoms with van der Waals surface area (Å²) in [7, 11) is 0. The van der Waals surface area contributed by atoms with Gasteiger partial charge in [-0.3, -0.25) is 20.2 Å². The van der Waals surface area contributed by atoms with Crippen molar-refractivity contribution in [2.45, 2.75) is 38.0 Å². The van der Waals surface area contributed by atoms with Gasteiger partial charge in [0.2, 0.25) is 11.9 Å². The van der Waals surface area contributed by atoms with E-state index in [1.165, 1.54) is 62.0 Å². The molecular formula is C26H30N6O3. The molecule has 0 aromatic heterocycles. The maximum Gasteiger partial charge on any atom is 0.250 e. The lowest BCUT2D eigenvalue weighted by molar-refractivity contribution is -0.116. The van der Waals surface area contributed by atoms with Crippen molar-refractivity contribution < 1.29 is 14.7 Å². The molecule has 35 heavy (non-hydrogen) atoms. The van der Waals surface area contributed by atoms with Gasteiger partial charge in [-0.05, 0) is 59.7 Å². The number of hydrogen-bond donors (Lipinski definition) is 5. The maximum atomic E-state index is 12.2. The molecule has 7 N–H and O–H groups in total. The van der Waals surface area contributed by atoms with Crippen molar-refractivity contribution in [3.63, 3.8) is 0 Å². The van der Waals surface area contributed by atoms with Crippen LogP contribution in [-0.4, -0.2) is 28.8 Å². The fraction of sp³-hybridized carbons (Fsp3) is 0.231. The standard InChI is InChI=1S/C26H30N6O3/c27-25(29-23(34)16-12-18-10-14-21(33)15-11-18)31-32-26(28)30-24(35)17-13-20-8-4-5-9-22(20)19-6-2-1-3-7-19/h4-5,8-17,19,33H,1-3,6-7H2,(H3,27,29,31,34)(H3,28,30,32,35). The number of nitrogens with zero attached hydrogens (tertiary/aromatic N) is 2. The molecule has 1 saturated carbocycles. The van der Waals surface area contributed by atoms with Crippen molar-refractivity contribution in [1.29, 1.82) is 0 Å². The first-order chi connectivity index (χ1) is 16.9. The van der Waals surface area contributed by atoms with Gasteiger partial charge in [-0.15, -0.1) is 10.2 Å². The normalized spacial score (nSPS) is 15.4. The number of rotatable bonds is 6. The molecule has 0 aliphatic heterocycles. The number of phenols is 1. The van der Waals surface area contributed by atoms with E-state index in [-0.39, 0.29) is 17.7 Å². The Morgan fingerprint density at radius 3 is 2.03 bits per heavy atom. The molecule has 0 saturated heterocycles. The van der Waals surface area contributed by atoms with Crippen LogP contribution in [0.4, 0.5) is 0 Å². The summed E-state index contributed by atoms with van der Waals surface area (Å²) in [5, 5.41) is 21.2. The average Bonchev–Trinajstić information content (AvgIpc) is 2.86. The molecular weight excluding hydrogens is 444 g/mol. The van der Waals surface area contributed by atoms with E-state index in [4.69, 9.17) is 11.5 Å². The summed E-state index contributed by atoms with van der Waals surface area (Å²) in [5.41, 5.74) is 14.3. The topological polar surface area (TPSA) is 155 Å². The van der Waals surface area contributed by atoms with E-state index >= 15 is 0 Å². The maximum absolute atomic E-state index is 12.2. The Bertz CT molecular complexity index is 1150. The van der Waals surface area contributed by atoms with Gasteiger partial charge in [0.1, 0.15) is 5.75 Å². The molecule has 0 heterocycles. The Kier molecular flexibility index (Phi) is 9.18. The second-order valence-corrected chi connectivity index (χ2v) is 8.17. The minimum Gasteiger partial charge on any atom is -0.508 e. The molecule has 1 fully saturated rings. The van der Waals surface area contributed by atoms with E-state index in [1.807, 2.05) is 18.2 Å². The van der Waals surface area contributed by atoms with Crippen molar-refractivity contribution in [1.82, 2.24) is 10.6 Å². The molecule has 0 radical (unpaired) electrons. The van der Waals surface area contributed by atoms with Gasteiger partial charge in [0.25, 0.3) is 11.8 Å². The molecule has 0 spiro atoms. The highest BCUT2D eigenvalue weighted by molar-refractivity contribution is 6.05. The van der Waals surface area contributed by atoms with Crippen LogP contribution in [0.15, 0.2) is 70.9 Å². The first-order valence-electron chi connectivity index (χ1n) is 11.4. The van der Waals surface area contributed by atoms with E-state index in [2.05, 4.69) is 26.9 Å². The van der Waals surface area contributed by atoms with Gasteiger partial charge in [-0.25, -0.2) is 0 Å². The molecule has 9 nitrogen and oxygen atoms in total. The Morgan fingerprint density at radius 1 is 0.829 bits per heavy atom. The summed E-state index contributed by atoms with van der Waals surface area (Å²) < 4.78 is 0. The molecule has 2 aromatic carbocycles. The largest absolute Gasteiger partial charge is 0.508 e. The molecule has 0 atom stereocenters. The zero-order chi connectivity index (χ0) is 25.0. The number of hydrogen-bond acceptors (Lipinski definition) is 5. The number of nitrogens with one attached hydrogen (secondary N) is 2. The number of benzene rings is 2. The highest BCUT2D eigenvalue weighted by atomic mass is 16.3. The quantitative estimate of drug-likeness (QED) is 0.188. The predicted octanol–water partition coefficient (Wildman–Crippen LogP) is 2.94. The summed E-state index contributed by atoms with van der Waals surface area (Å²) in [6.45, 7) is 0. The van der Waals surface area contributed by atoms with Crippen LogP contribution in [0.3, 0.4) is 0 Å². The number of aromatic hydroxyl groups is 1. The summed E-state index contributed by atoms with van der Waals surface area (Å²) in [5.74, 6) is -0.902. The van der Waals surface area contributed by atoms with Gasteiger partial charge in [0.15, 0.2) is 0 Å². The first kappa shape index (κ1) is 25.2. The highest BCUT2D eigenvalue weighted by Crippen LogP contribution is 2.34. The Labute approximate surface area is 204 Å². The zero-order valence-electron chi connectivity index (χ0n) is 19.4. The van der Waals surface area contributed by atoms with Crippen LogP contribution in [0.25, 0.3) is 12.2 Å². The third kappa shape index (κ3) is 8.47. The first-order valence-corrected chi connectivity index (χ1v) is 11.4. The smallest absolute Gasteiger partial charge is 0.250 e. The molecule has 2 amide bonds. The minimum absolute atomic E-state index is 0.130. The SMILES string of the molecule is NC(=NN=C(N)NC(=O)C=Cc1ccccc1C1CCCCC1)NC(=O)C=Cc1ccc(O)cc1. The van der Waals surface area contributed by atoms with Crippen molar-refractivity contribution in [3.8, 4) is 5.75 Å². The number of carbonyl (C=O) groups is 2. The summed E-state index contributed by atoms with van der Waals surface area (Å²) in [4.78, 5) is 24.2. The average molecular weight is 475 g/mol. The van der Waals surface area contributed by atoms with Crippen LogP contribution in [0.2, 0.25) is 0 Å². The van der Waals surface area contributed by atoms with Crippen molar-refractivity contribution in [2.75, 3.05) is 0 Å². The van der Waals surface area contributed by atoms with Crippen LogP contribution in [-0.2, 0) is 9.59 Å². The Morgan fingerprint density at radius 2 is 1.40 bits per heavy atom. The van der Waals surface area contributed by atoms with Crippen LogP contribution in [0, 0.1) is 0 Å². The van der Waals surface area contributed by atoms with E-state index in [9.17, 15) is 14.7 Å². The van der Waals surface area contributed by atoms with Crippen LogP contribution >= 0.6 is 0 Å². The monoisotopic (exact) mass is 474 g/mol. The number of carbonyl (C=O) groups excluding carboxylic acids is 2. The number of nitrogens with two attached hydrogens (primary N) is 2. The van der Waals surface area contributed by atoms with Crippen LogP contribution in [0.1, 0.15) is 54.7 Å². The van der Waals surface area contributed by atoms with E-state index in [0.717, 1.165) is 5.56 Å². The van der Waals surface area contributed by atoms with Crippen molar-refractivity contribution in [3.05, 3.63) is 77.4 Å². The zero-order valence-corrected chi connectivity index (χ0v) is 19.4. The highest BCUT2D eigenvalue weighted by Gasteiger charge is 2.17. The Hall–Kier alpha value is -4.40. The second-order valence-electron chi connectivity index (χ2n) is 8.17. The number of phenolic OH excluding ortho intramolecular Hbond substituents is 1. The molecule has 1 aliphatic carbocycles. The number of amides is 2. The van der Waals surface area contributed by atoms with Crippen LogP contribution in [0.5, 0.6) is 5.75 Å². The summed E-state index contributed by atoms with van der Waals surface area (Å²) in [6.07, 6.45) is 12.0. The molecule has 0 unspecified atom stereocenters. The molecule has 9 heteroatoms. The fourth-order valence-electron chi connectivity index (χ4n) is 3.86. The minimum atomic E-state index is -0.531. The van der Waals surface area contributed by atoms with Gasteiger partial charge in [-0.1, -0.05) is 55.7 Å². The Balaban J connectivity index is 1.52. The lowest BCUT2D eigenvalue weighted by atomic mass is 9.82. The lowest BCUT2D eigenvalue weighted by Crippen LogP contribution is -2.37. The van der Waals surface area contributed by atoms with Gasteiger partial charge in [0, 0.05) is 12.2 Å². The lowest BCUT2D eigenvalue weighted by Gasteiger charge is -2.23. The van der Waals surface area contributed by atoms with Gasteiger partial charge in [-0.2, -0.15) is 0 Å². The third-order valence-electron chi connectivity index (χ3n) is 5.54. The molecule has 0 bridgehead atoms. The van der Waals surface area contributed by atoms with Gasteiger partial charge < -0.3 is 16.6 Å². The second kappa shape index (κ2) is 12.7. The molecule has 2 aromatic rings.